The lowest BCUT2D eigenvalue weighted by atomic mass is 9.96. The summed E-state index contributed by atoms with van der Waals surface area (Å²) in [5.41, 5.74) is 1.82. The van der Waals surface area contributed by atoms with Gasteiger partial charge in [0.2, 0.25) is 5.91 Å². The fraction of sp³-hybridized carbons (Fsp3) is 0.348. The summed E-state index contributed by atoms with van der Waals surface area (Å²) in [5, 5.41) is 3.95. The molecule has 0 aliphatic carbocycles. The lowest BCUT2D eigenvalue weighted by molar-refractivity contribution is -0.898. The number of aromatic nitrogens is 1. The van der Waals surface area contributed by atoms with Gasteiger partial charge in [-0.25, -0.2) is 4.98 Å². The highest BCUT2D eigenvalue weighted by molar-refractivity contribution is 7.18. The number of hydrogen-bond donors (Lipinski definition) is 2. The Hall–Kier alpha value is -2.77. The Morgan fingerprint density at radius 2 is 1.80 bits per heavy atom. The lowest BCUT2D eigenvalue weighted by Gasteiger charge is -2.29. The minimum atomic E-state index is 0.0181. The van der Waals surface area contributed by atoms with E-state index in [9.17, 15) is 9.59 Å². The molecule has 1 saturated heterocycles. The van der Waals surface area contributed by atoms with Crippen molar-refractivity contribution < 1.29 is 14.5 Å². The number of para-hydroxylation sites is 2. The number of anilines is 1. The zero-order chi connectivity index (χ0) is 20.9. The Kier molecular flexibility index (Phi) is 6.40. The van der Waals surface area contributed by atoms with Crippen LogP contribution in [0.5, 0.6) is 0 Å². The maximum absolute atomic E-state index is 12.7. The first kappa shape index (κ1) is 20.5. The van der Waals surface area contributed by atoms with Gasteiger partial charge in [0.05, 0.1) is 29.9 Å². The van der Waals surface area contributed by atoms with Gasteiger partial charge in [0.15, 0.2) is 6.54 Å². The normalized spacial score (nSPS) is 18.8. The third kappa shape index (κ3) is 5.04. The summed E-state index contributed by atoms with van der Waals surface area (Å²) in [7, 11) is 1.84. The molecule has 2 heterocycles. The van der Waals surface area contributed by atoms with Crippen LogP contribution in [0.1, 0.15) is 17.8 Å². The first-order valence-corrected chi connectivity index (χ1v) is 11.2. The molecule has 156 valence electrons. The Bertz CT molecular complexity index is 979. The van der Waals surface area contributed by atoms with Crippen LogP contribution in [0.3, 0.4) is 0 Å². The van der Waals surface area contributed by atoms with Crippen molar-refractivity contribution in [2.24, 2.45) is 5.92 Å². The van der Waals surface area contributed by atoms with Gasteiger partial charge in [-0.2, -0.15) is 0 Å². The number of likely N-dealkylation sites (tertiary alicyclic amines) is 1. The van der Waals surface area contributed by atoms with Crippen molar-refractivity contribution in [2.45, 2.75) is 19.4 Å². The van der Waals surface area contributed by atoms with Gasteiger partial charge in [0, 0.05) is 31.5 Å². The quantitative estimate of drug-likeness (QED) is 0.639. The van der Waals surface area contributed by atoms with Crippen LogP contribution in [0, 0.1) is 5.92 Å². The number of fused-ring (bicyclic) bond motifs is 1. The van der Waals surface area contributed by atoms with Gasteiger partial charge < -0.3 is 15.1 Å². The summed E-state index contributed by atoms with van der Waals surface area (Å²) in [6.45, 7) is 2.68. The summed E-state index contributed by atoms with van der Waals surface area (Å²) in [4.78, 5) is 32.8. The van der Waals surface area contributed by atoms with E-state index in [-0.39, 0.29) is 17.7 Å². The van der Waals surface area contributed by atoms with Gasteiger partial charge in [-0.3, -0.25) is 9.59 Å². The van der Waals surface area contributed by atoms with Gasteiger partial charge >= 0.3 is 0 Å². The number of benzene rings is 2. The summed E-state index contributed by atoms with van der Waals surface area (Å²) < 4.78 is 1.15. The Labute approximate surface area is 180 Å². The van der Waals surface area contributed by atoms with Crippen LogP contribution >= 0.6 is 11.3 Å². The number of quaternary nitrogens is 1. The highest BCUT2D eigenvalue weighted by atomic mass is 32.1. The maximum atomic E-state index is 12.7. The number of thiazole rings is 1. The summed E-state index contributed by atoms with van der Waals surface area (Å²) in [6.07, 6.45) is 1.62. The highest BCUT2D eigenvalue weighted by Crippen LogP contribution is 2.22. The molecule has 0 radical (unpaired) electrons. The fourth-order valence-electron chi connectivity index (χ4n) is 3.86. The number of carbonyl (C=O) groups is 2. The minimum absolute atomic E-state index is 0.0181. The molecule has 3 aromatic rings. The van der Waals surface area contributed by atoms with Crippen LogP contribution in [0.25, 0.3) is 10.2 Å². The number of nitrogens with zero attached hydrogens (tertiary/aromatic N) is 2. The van der Waals surface area contributed by atoms with E-state index in [2.05, 4.69) is 16.4 Å². The second-order valence-electron chi connectivity index (χ2n) is 7.88. The van der Waals surface area contributed by atoms with E-state index in [0.29, 0.717) is 13.1 Å². The molecule has 1 aliphatic rings. The van der Waals surface area contributed by atoms with Crippen LogP contribution in [0.2, 0.25) is 0 Å². The summed E-state index contributed by atoms with van der Waals surface area (Å²) in [6, 6.07) is 17.6. The third-order valence-corrected chi connectivity index (χ3v) is 6.66. The molecule has 1 aliphatic heterocycles. The number of nitrogens with one attached hydrogen (secondary N) is 2. The molecule has 0 bridgehead atoms. The highest BCUT2D eigenvalue weighted by Gasteiger charge is 2.29. The maximum Gasteiger partial charge on any atom is 0.277 e. The Balaban J connectivity index is 1.24. The average Bonchev–Trinajstić information content (AvgIpc) is 3.17. The van der Waals surface area contributed by atoms with Crippen molar-refractivity contribution >= 4 is 39.1 Å². The van der Waals surface area contributed by atoms with Crippen molar-refractivity contribution in [2.75, 3.05) is 32.0 Å². The summed E-state index contributed by atoms with van der Waals surface area (Å²) >= 11 is 1.64. The van der Waals surface area contributed by atoms with Gasteiger partial charge in [-0.05, 0) is 24.3 Å². The van der Waals surface area contributed by atoms with E-state index < -0.39 is 0 Å². The van der Waals surface area contributed by atoms with Crippen LogP contribution in [0.4, 0.5) is 5.69 Å². The molecule has 4 rings (SSSR count). The SMILES string of the molecule is CN(Cc1nc2ccccc2s1)C(=O)C[NH+]1CCC(C(=O)Nc2ccccc2)CC1. The van der Waals surface area contributed by atoms with Crippen LogP contribution in [0.15, 0.2) is 54.6 Å². The molecule has 6 nitrogen and oxygen atoms in total. The van der Waals surface area contributed by atoms with E-state index in [4.69, 9.17) is 0 Å². The molecular weight excluding hydrogens is 396 g/mol. The van der Waals surface area contributed by atoms with Gasteiger partial charge in [-0.15, -0.1) is 11.3 Å². The molecule has 0 atom stereocenters. The molecule has 1 fully saturated rings. The largest absolute Gasteiger partial charge is 0.334 e. The van der Waals surface area contributed by atoms with E-state index in [1.165, 1.54) is 4.90 Å². The van der Waals surface area contributed by atoms with Crippen LogP contribution < -0.4 is 10.2 Å². The Morgan fingerprint density at radius 1 is 1.10 bits per heavy atom. The van der Waals surface area contributed by atoms with Gasteiger partial charge in [0.25, 0.3) is 5.91 Å². The summed E-state index contributed by atoms with van der Waals surface area (Å²) in [5.74, 6) is 0.223. The topological polar surface area (TPSA) is 66.7 Å². The average molecular weight is 424 g/mol. The Morgan fingerprint density at radius 3 is 2.53 bits per heavy atom. The van der Waals surface area contributed by atoms with Crippen molar-refractivity contribution in [3.05, 3.63) is 59.6 Å². The number of rotatable bonds is 6. The molecule has 7 heteroatoms. The standard InChI is InChI=1S/C23H26N4O2S/c1-26(15-21-25-19-9-5-6-10-20(19)30-21)22(28)16-27-13-11-17(12-14-27)23(29)24-18-7-3-2-4-8-18/h2-10,17H,11-16H2,1H3,(H,24,29)/p+1. The zero-order valence-corrected chi connectivity index (χ0v) is 18.0. The smallest absolute Gasteiger partial charge is 0.277 e. The minimum Gasteiger partial charge on any atom is -0.334 e. The van der Waals surface area contributed by atoms with Crippen LogP contribution in [-0.2, 0) is 16.1 Å². The van der Waals surface area contributed by atoms with Crippen molar-refractivity contribution in [3.63, 3.8) is 0 Å². The molecule has 0 saturated carbocycles. The molecule has 0 spiro atoms. The molecule has 2 aromatic carbocycles. The fourth-order valence-corrected chi connectivity index (χ4v) is 4.88. The molecule has 30 heavy (non-hydrogen) atoms. The predicted molar refractivity (Wildman–Crippen MR) is 119 cm³/mol. The van der Waals surface area contributed by atoms with Crippen molar-refractivity contribution in [1.29, 1.82) is 0 Å². The molecule has 0 unspecified atom stereocenters. The zero-order valence-electron chi connectivity index (χ0n) is 17.1. The number of piperidine rings is 1. The van der Waals surface area contributed by atoms with Gasteiger partial charge in [0.1, 0.15) is 5.01 Å². The molecule has 2 N–H and O–H groups in total. The van der Waals surface area contributed by atoms with E-state index >= 15 is 0 Å². The van der Waals surface area contributed by atoms with Crippen molar-refractivity contribution in [1.82, 2.24) is 9.88 Å². The second-order valence-corrected chi connectivity index (χ2v) is 9.00. The number of likely N-dealkylation sites (N-methyl/N-ethyl adjacent to an activating group) is 1. The number of amides is 2. The number of carbonyl (C=O) groups excluding carboxylic acids is 2. The van der Waals surface area contributed by atoms with Gasteiger partial charge in [-0.1, -0.05) is 30.3 Å². The molecular formula is C23H27N4O2S+. The first-order chi connectivity index (χ1) is 14.6. The first-order valence-electron chi connectivity index (χ1n) is 10.4. The third-order valence-electron chi connectivity index (χ3n) is 5.64. The lowest BCUT2D eigenvalue weighted by Crippen LogP contribution is -3.14. The van der Waals surface area contributed by atoms with E-state index in [1.54, 1.807) is 16.2 Å². The van der Waals surface area contributed by atoms with E-state index in [1.807, 2.05) is 55.6 Å². The monoisotopic (exact) mass is 423 g/mol. The van der Waals surface area contributed by atoms with Crippen molar-refractivity contribution in [3.8, 4) is 0 Å². The van der Waals surface area contributed by atoms with E-state index in [0.717, 1.165) is 46.8 Å². The van der Waals surface area contributed by atoms with Crippen LogP contribution in [-0.4, -0.2) is 48.4 Å². The number of hydrogen-bond acceptors (Lipinski definition) is 4. The predicted octanol–water partition coefficient (Wildman–Crippen LogP) is 2.19. The molecule has 1 aromatic heterocycles. The second kappa shape index (κ2) is 9.36. The molecule has 2 amide bonds.